The summed E-state index contributed by atoms with van der Waals surface area (Å²) in [6, 6.07) is 13.9. The molecular weight excluding hydrogens is 276 g/mol. The minimum Gasteiger partial charge on any atom is -0.496 e. The number of hydrogen-bond donors (Lipinski definition) is 1. The monoisotopic (exact) mass is 296 g/mol. The van der Waals surface area contributed by atoms with Crippen LogP contribution in [0.25, 0.3) is 0 Å². The molecule has 3 nitrogen and oxygen atoms in total. The molecule has 1 saturated carbocycles. The van der Waals surface area contributed by atoms with E-state index in [1.165, 1.54) is 5.56 Å². The van der Waals surface area contributed by atoms with Gasteiger partial charge in [0.25, 0.3) is 0 Å². The smallest absolute Gasteiger partial charge is 0.314 e. The minimum atomic E-state index is -0.868. The largest absolute Gasteiger partial charge is 0.496 e. The number of hydrogen-bond acceptors (Lipinski definition) is 2. The molecule has 2 atom stereocenters. The van der Waals surface area contributed by atoms with E-state index in [9.17, 15) is 9.90 Å². The first kappa shape index (κ1) is 14.6. The summed E-state index contributed by atoms with van der Waals surface area (Å²) < 4.78 is 5.42. The normalized spacial score (nSPS) is 23.1. The molecule has 0 unspecified atom stereocenters. The van der Waals surface area contributed by atoms with Crippen molar-refractivity contribution in [1.29, 1.82) is 0 Å². The zero-order valence-corrected chi connectivity index (χ0v) is 13.1. The van der Waals surface area contributed by atoms with E-state index < -0.39 is 11.4 Å². The van der Waals surface area contributed by atoms with Crippen molar-refractivity contribution in [3.63, 3.8) is 0 Å². The Morgan fingerprint density at radius 3 is 2.36 bits per heavy atom. The van der Waals surface area contributed by atoms with Gasteiger partial charge in [0.1, 0.15) is 11.2 Å². The van der Waals surface area contributed by atoms with Crippen LogP contribution in [0.2, 0.25) is 0 Å². The first-order chi connectivity index (χ1) is 10.5. The second-order valence-corrected chi connectivity index (χ2v) is 6.15. The van der Waals surface area contributed by atoms with E-state index in [1.54, 1.807) is 7.11 Å². The molecule has 1 aliphatic rings. The summed E-state index contributed by atoms with van der Waals surface area (Å²) in [6.45, 7) is 4.01. The quantitative estimate of drug-likeness (QED) is 0.933. The van der Waals surface area contributed by atoms with Gasteiger partial charge in [-0.2, -0.15) is 0 Å². The van der Waals surface area contributed by atoms with Crippen molar-refractivity contribution in [2.75, 3.05) is 7.11 Å². The highest BCUT2D eigenvalue weighted by molar-refractivity contribution is 5.89. The molecule has 0 heterocycles. The summed E-state index contributed by atoms with van der Waals surface area (Å²) in [6.07, 6.45) is 0.616. The first-order valence-corrected chi connectivity index (χ1v) is 7.44. The van der Waals surface area contributed by atoms with E-state index in [0.29, 0.717) is 12.2 Å². The predicted molar refractivity (Wildman–Crippen MR) is 85.6 cm³/mol. The number of methoxy groups -OCH3 is 1. The molecule has 114 valence electrons. The zero-order valence-electron chi connectivity index (χ0n) is 13.1. The van der Waals surface area contributed by atoms with Crippen LogP contribution in [0.4, 0.5) is 0 Å². The molecule has 3 rings (SSSR count). The van der Waals surface area contributed by atoms with Crippen molar-refractivity contribution in [2.45, 2.75) is 31.6 Å². The standard InChI is InChI=1S/C19H20O3/c1-12-4-7-14(8-5-12)16-11-19(16,18(20)21)15-10-13(2)6-9-17(15)22-3/h4-10,16H,11H2,1-3H3,(H,20,21)/t16-,19-/m0/s1. The van der Waals surface area contributed by atoms with Gasteiger partial charge in [-0.15, -0.1) is 0 Å². The lowest BCUT2D eigenvalue weighted by Crippen LogP contribution is -2.23. The molecular formula is C19H20O3. The highest BCUT2D eigenvalue weighted by Gasteiger charge is 2.63. The molecule has 2 aromatic rings. The van der Waals surface area contributed by atoms with E-state index in [2.05, 4.69) is 0 Å². The summed E-state index contributed by atoms with van der Waals surface area (Å²) in [5.74, 6) is -0.120. The van der Waals surface area contributed by atoms with Crippen LogP contribution in [-0.2, 0) is 10.2 Å². The predicted octanol–water partition coefficient (Wildman–Crippen LogP) is 3.82. The lowest BCUT2D eigenvalue weighted by molar-refractivity contribution is -0.140. The summed E-state index contributed by atoms with van der Waals surface area (Å²) >= 11 is 0. The van der Waals surface area contributed by atoms with E-state index >= 15 is 0 Å². The van der Waals surface area contributed by atoms with Gasteiger partial charge in [0.05, 0.1) is 7.11 Å². The van der Waals surface area contributed by atoms with Crippen LogP contribution >= 0.6 is 0 Å². The number of carbonyl (C=O) groups is 1. The van der Waals surface area contributed by atoms with Crippen molar-refractivity contribution in [1.82, 2.24) is 0 Å². The molecule has 0 bridgehead atoms. The van der Waals surface area contributed by atoms with Gasteiger partial charge in [-0.25, -0.2) is 0 Å². The fraction of sp³-hybridized carbons (Fsp3) is 0.316. The second-order valence-electron chi connectivity index (χ2n) is 6.15. The Morgan fingerprint density at radius 1 is 1.14 bits per heavy atom. The summed E-state index contributed by atoms with van der Waals surface area (Å²) in [5.41, 5.74) is 3.22. The second kappa shape index (κ2) is 5.16. The van der Waals surface area contributed by atoms with Gasteiger partial charge in [0.15, 0.2) is 0 Å². The molecule has 1 fully saturated rings. The van der Waals surface area contributed by atoms with Crippen molar-refractivity contribution >= 4 is 5.97 Å². The first-order valence-electron chi connectivity index (χ1n) is 7.44. The van der Waals surface area contributed by atoms with Crippen LogP contribution in [0.15, 0.2) is 42.5 Å². The van der Waals surface area contributed by atoms with E-state index in [1.807, 2.05) is 56.3 Å². The van der Waals surface area contributed by atoms with Crippen molar-refractivity contribution in [3.8, 4) is 5.75 Å². The van der Waals surface area contributed by atoms with Gasteiger partial charge in [-0.1, -0.05) is 47.5 Å². The van der Waals surface area contributed by atoms with Crippen LogP contribution < -0.4 is 4.74 Å². The average molecular weight is 296 g/mol. The molecule has 2 aromatic carbocycles. The number of aryl methyl sites for hydroxylation is 2. The molecule has 22 heavy (non-hydrogen) atoms. The molecule has 0 spiro atoms. The van der Waals surface area contributed by atoms with E-state index in [4.69, 9.17) is 4.74 Å². The molecule has 0 aliphatic heterocycles. The third-order valence-corrected chi connectivity index (χ3v) is 4.66. The lowest BCUT2D eigenvalue weighted by atomic mass is 9.89. The fourth-order valence-electron chi connectivity index (χ4n) is 3.28. The summed E-state index contributed by atoms with van der Waals surface area (Å²) in [4.78, 5) is 12.1. The number of benzene rings is 2. The van der Waals surface area contributed by atoms with Crippen LogP contribution in [-0.4, -0.2) is 18.2 Å². The van der Waals surface area contributed by atoms with Crippen LogP contribution in [0, 0.1) is 13.8 Å². The van der Waals surface area contributed by atoms with Gasteiger partial charge in [-0.05, 0) is 31.9 Å². The number of rotatable bonds is 4. The molecule has 1 N–H and O–H groups in total. The Bertz CT molecular complexity index is 718. The van der Waals surface area contributed by atoms with Crippen LogP contribution in [0.5, 0.6) is 5.75 Å². The number of carboxylic acids is 1. The van der Waals surface area contributed by atoms with Gasteiger partial charge in [0, 0.05) is 11.5 Å². The minimum absolute atomic E-state index is 0.00120. The Kier molecular flexibility index (Phi) is 3.44. The van der Waals surface area contributed by atoms with E-state index in [0.717, 1.165) is 16.7 Å². The van der Waals surface area contributed by atoms with Gasteiger partial charge < -0.3 is 9.84 Å². The Labute approximate surface area is 130 Å². The maximum absolute atomic E-state index is 12.1. The van der Waals surface area contributed by atoms with Gasteiger partial charge >= 0.3 is 5.97 Å². The molecule has 0 radical (unpaired) electrons. The third kappa shape index (κ3) is 2.17. The van der Waals surface area contributed by atoms with Crippen molar-refractivity contribution in [2.24, 2.45) is 0 Å². The maximum Gasteiger partial charge on any atom is 0.314 e. The summed E-state index contributed by atoms with van der Waals surface area (Å²) in [5, 5.41) is 9.90. The fourth-order valence-corrected chi connectivity index (χ4v) is 3.28. The SMILES string of the molecule is COc1ccc(C)cc1[C@@]1(C(=O)O)C[C@H]1c1ccc(C)cc1. The zero-order chi connectivity index (χ0) is 15.9. The Hall–Kier alpha value is -2.29. The van der Waals surface area contributed by atoms with Crippen molar-refractivity contribution in [3.05, 3.63) is 64.7 Å². The van der Waals surface area contributed by atoms with Crippen LogP contribution in [0.3, 0.4) is 0 Å². The Morgan fingerprint density at radius 2 is 1.77 bits per heavy atom. The number of carboxylic acid groups (broad SMARTS) is 1. The molecule has 3 heteroatoms. The van der Waals surface area contributed by atoms with Gasteiger partial charge in [0.2, 0.25) is 0 Å². The van der Waals surface area contributed by atoms with Crippen LogP contribution in [0.1, 0.15) is 34.6 Å². The molecule has 1 aliphatic carbocycles. The van der Waals surface area contributed by atoms with E-state index in [-0.39, 0.29) is 5.92 Å². The number of aliphatic carboxylic acids is 1. The lowest BCUT2D eigenvalue weighted by Gasteiger charge is -2.18. The average Bonchev–Trinajstić information content (AvgIpc) is 3.25. The number of ether oxygens (including phenoxy) is 1. The Balaban J connectivity index is 2.08. The highest BCUT2D eigenvalue weighted by Crippen LogP contribution is 2.62. The maximum atomic E-state index is 12.1. The molecule has 0 saturated heterocycles. The summed E-state index contributed by atoms with van der Waals surface area (Å²) in [7, 11) is 1.59. The third-order valence-electron chi connectivity index (χ3n) is 4.66. The highest BCUT2D eigenvalue weighted by atomic mass is 16.5. The topological polar surface area (TPSA) is 46.5 Å². The van der Waals surface area contributed by atoms with Gasteiger partial charge in [-0.3, -0.25) is 4.79 Å². The molecule has 0 amide bonds. The molecule has 0 aromatic heterocycles. The van der Waals surface area contributed by atoms with Crippen molar-refractivity contribution < 1.29 is 14.6 Å².